The standard InChI is InChI=1S/C13H19FN2O/c1-9-7-10(3-4-11(9)14)13(15-2)12-8-16-5-6-17-12/h3-4,7,12-13,15-16H,5-6,8H2,1-2H3. The number of halogens is 1. The maximum absolute atomic E-state index is 13.2. The van der Waals surface area contributed by atoms with E-state index >= 15 is 0 Å². The fourth-order valence-electron chi connectivity index (χ4n) is 2.23. The van der Waals surface area contributed by atoms with Gasteiger partial charge < -0.3 is 15.4 Å². The predicted octanol–water partition coefficient (Wildman–Crippen LogP) is 1.38. The minimum atomic E-state index is -0.161. The lowest BCUT2D eigenvalue weighted by atomic mass is 9.99. The molecule has 17 heavy (non-hydrogen) atoms. The first-order chi connectivity index (χ1) is 8.22. The quantitative estimate of drug-likeness (QED) is 0.834. The van der Waals surface area contributed by atoms with Gasteiger partial charge in [-0.2, -0.15) is 0 Å². The molecular weight excluding hydrogens is 219 g/mol. The van der Waals surface area contributed by atoms with Crippen LogP contribution in [0.4, 0.5) is 4.39 Å². The number of hydrogen-bond acceptors (Lipinski definition) is 3. The molecule has 1 heterocycles. The molecule has 1 aromatic rings. The van der Waals surface area contributed by atoms with Crippen LogP contribution >= 0.6 is 0 Å². The number of nitrogens with one attached hydrogen (secondary N) is 2. The number of aryl methyl sites for hydroxylation is 1. The van der Waals surface area contributed by atoms with Crippen molar-refractivity contribution in [2.24, 2.45) is 0 Å². The lowest BCUT2D eigenvalue weighted by molar-refractivity contribution is 0.00535. The Morgan fingerprint density at radius 3 is 2.94 bits per heavy atom. The highest BCUT2D eigenvalue weighted by atomic mass is 19.1. The van der Waals surface area contributed by atoms with Crippen LogP contribution in [0, 0.1) is 12.7 Å². The first-order valence-corrected chi connectivity index (χ1v) is 5.98. The van der Waals surface area contributed by atoms with E-state index in [9.17, 15) is 4.39 Å². The second-order valence-corrected chi connectivity index (χ2v) is 4.39. The van der Waals surface area contributed by atoms with Gasteiger partial charge in [0.1, 0.15) is 5.82 Å². The van der Waals surface area contributed by atoms with Crippen LogP contribution in [0.25, 0.3) is 0 Å². The maximum Gasteiger partial charge on any atom is 0.126 e. The van der Waals surface area contributed by atoms with Crippen LogP contribution in [0.3, 0.4) is 0 Å². The molecule has 94 valence electrons. The zero-order chi connectivity index (χ0) is 12.3. The Morgan fingerprint density at radius 1 is 1.53 bits per heavy atom. The molecule has 0 saturated carbocycles. The molecule has 1 aliphatic heterocycles. The SMILES string of the molecule is CNC(c1ccc(F)c(C)c1)C1CNCCO1. The summed E-state index contributed by atoms with van der Waals surface area (Å²) in [5, 5.41) is 6.55. The molecule has 1 fully saturated rings. The topological polar surface area (TPSA) is 33.3 Å². The lowest BCUT2D eigenvalue weighted by Crippen LogP contribution is -2.45. The van der Waals surface area contributed by atoms with Gasteiger partial charge in [0.15, 0.2) is 0 Å². The van der Waals surface area contributed by atoms with Gasteiger partial charge in [-0.15, -0.1) is 0 Å². The first-order valence-electron chi connectivity index (χ1n) is 5.98. The van der Waals surface area contributed by atoms with Crippen LogP contribution in [0.5, 0.6) is 0 Å². The second-order valence-electron chi connectivity index (χ2n) is 4.39. The van der Waals surface area contributed by atoms with Gasteiger partial charge in [-0.1, -0.05) is 12.1 Å². The van der Waals surface area contributed by atoms with E-state index in [1.54, 1.807) is 6.92 Å². The third-order valence-corrected chi connectivity index (χ3v) is 3.18. The van der Waals surface area contributed by atoms with E-state index in [0.29, 0.717) is 5.56 Å². The second kappa shape index (κ2) is 5.58. The third-order valence-electron chi connectivity index (χ3n) is 3.18. The van der Waals surface area contributed by atoms with Gasteiger partial charge in [0.2, 0.25) is 0 Å². The normalized spacial score (nSPS) is 22.4. The minimum absolute atomic E-state index is 0.0959. The Hall–Kier alpha value is -0.970. The summed E-state index contributed by atoms with van der Waals surface area (Å²) < 4.78 is 19.0. The zero-order valence-corrected chi connectivity index (χ0v) is 10.3. The van der Waals surface area contributed by atoms with E-state index in [1.807, 2.05) is 19.2 Å². The molecule has 1 aromatic carbocycles. The Bertz CT molecular complexity index is 378. The van der Waals surface area contributed by atoms with Crippen molar-refractivity contribution in [3.05, 3.63) is 35.1 Å². The molecule has 0 bridgehead atoms. The van der Waals surface area contributed by atoms with E-state index in [-0.39, 0.29) is 18.0 Å². The van der Waals surface area contributed by atoms with Crippen molar-refractivity contribution in [2.75, 3.05) is 26.7 Å². The summed E-state index contributed by atoms with van der Waals surface area (Å²) in [5.41, 5.74) is 1.74. The third kappa shape index (κ3) is 2.83. The molecule has 2 unspecified atom stereocenters. The average molecular weight is 238 g/mol. The van der Waals surface area contributed by atoms with Gasteiger partial charge in [-0.25, -0.2) is 4.39 Å². The Morgan fingerprint density at radius 2 is 2.35 bits per heavy atom. The highest BCUT2D eigenvalue weighted by Gasteiger charge is 2.24. The summed E-state index contributed by atoms with van der Waals surface area (Å²) in [6.45, 7) is 4.23. The Labute approximate surface area is 101 Å². The zero-order valence-electron chi connectivity index (χ0n) is 10.3. The molecule has 0 radical (unpaired) electrons. The minimum Gasteiger partial charge on any atom is -0.374 e. The van der Waals surface area contributed by atoms with E-state index in [2.05, 4.69) is 10.6 Å². The van der Waals surface area contributed by atoms with Gasteiger partial charge in [0.25, 0.3) is 0 Å². The molecule has 2 N–H and O–H groups in total. The Balaban J connectivity index is 2.18. The van der Waals surface area contributed by atoms with Crippen LogP contribution in [0.1, 0.15) is 17.2 Å². The molecule has 0 aromatic heterocycles. The maximum atomic E-state index is 13.2. The van der Waals surface area contributed by atoms with Gasteiger partial charge in [0, 0.05) is 13.1 Å². The molecule has 0 amide bonds. The van der Waals surface area contributed by atoms with Crippen molar-refractivity contribution in [1.29, 1.82) is 0 Å². The van der Waals surface area contributed by atoms with Crippen LogP contribution in [-0.2, 0) is 4.74 Å². The molecule has 2 atom stereocenters. The van der Waals surface area contributed by atoms with Crippen molar-refractivity contribution < 1.29 is 9.13 Å². The number of rotatable bonds is 3. The van der Waals surface area contributed by atoms with Crippen LogP contribution in [-0.4, -0.2) is 32.8 Å². The fraction of sp³-hybridized carbons (Fsp3) is 0.538. The summed E-state index contributed by atoms with van der Waals surface area (Å²) in [6.07, 6.45) is 0.0959. The fourth-order valence-corrected chi connectivity index (χ4v) is 2.23. The van der Waals surface area contributed by atoms with E-state index in [4.69, 9.17) is 4.74 Å². The molecule has 1 saturated heterocycles. The van der Waals surface area contributed by atoms with Crippen LogP contribution < -0.4 is 10.6 Å². The monoisotopic (exact) mass is 238 g/mol. The number of likely N-dealkylation sites (N-methyl/N-ethyl adjacent to an activating group) is 1. The first kappa shape index (κ1) is 12.5. The molecule has 4 heteroatoms. The van der Waals surface area contributed by atoms with Crippen LogP contribution in [0.15, 0.2) is 18.2 Å². The largest absolute Gasteiger partial charge is 0.374 e. The number of ether oxygens (including phenoxy) is 1. The average Bonchev–Trinajstić information content (AvgIpc) is 2.36. The van der Waals surface area contributed by atoms with Gasteiger partial charge >= 0.3 is 0 Å². The molecule has 0 spiro atoms. The van der Waals surface area contributed by atoms with Crippen LogP contribution in [0.2, 0.25) is 0 Å². The smallest absolute Gasteiger partial charge is 0.126 e. The summed E-state index contributed by atoms with van der Waals surface area (Å²) in [6, 6.07) is 5.32. The highest BCUT2D eigenvalue weighted by Crippen LogP contribution is 2.22. The summed E-state index contributed by atoms with van der Waals surface area (Å²) in [5.74, 6) is -0.161. The molecule has 3 nitrogen and oxygen atoms in total. The van der Waals surface area contributed by atoms with E-state index in [0.717, 1.165) is 25.3 Å². The lowest BCUT2D eigenvalue weighted by Gasteiger charge is -2.31. The number of hydrogen-bond donors (Lipinski definition) is 2. The summed E-state index contributed by atoms with van der Waals surface area (Å²) in [4.78, 5) is 0. The summed E-state index contributed by atoms with van der Waals surface area (Å²) >= 11 is 0. The van der Waals surface area contributed by atoms with Crippen molar-refractivity contribution in [3.8, 4) is 0 Å². The summed E-state index contributed by atoms with van der Waals surface area (Å²) in [7, 11) is 1.90. The van der Waals surface area contributed by atoms with Crippen molar-refractivity contribution in [3.63, 3.8) is 0 Å². The highest BCUT2D eigenvalue weighted by molar-refractivity contribution is 5.27. The molecule has 0 aliphatic carbocycles. The van der Waals surface area contributed by atoms with E-state index in [1.165, 1.54) is 6.07 Å². The predicted molar refractivity (Wildman–Crippen MR) is 65.5 cm³/mol. The van der Waals surface area contributed by atoms with E-state index < -0.39 is 0 Å². The molecule has 2 rings (SSSR count). The van der Waals surface area contributed by atoms with Crippen molar-refractivity contribution >= 4 is 0 Å². The van der Waals surface area contributed by atoms with Crippen molar-refractivity contribution in [1.82, 2.24) is 10.6 Å². The number of benzene rings is 1. The van der Waals surface area contributed by atoms with Gasteiger partial charge in [0.05, 0.1) is 18.8 Å². The molecule has 1 aliphatic rings. The molecular formula is C13H19FN2O. The Kier molecular flexibility index (Phi) is 4.10. The van der Waals surface area contributed by atoms with Gasteiger partial charge in [-0.05, 0) is 31.2 Å². The number of morpholine rings is 1. The van der Waals surface area contributed by atoms with Crippen molar-refractivity contribution in [2.45, 2.75) is 19.1 Å². The van der Waals surface area contributed by atoms with Gasteiger partial charge in [-0.3, -0.25) is 0 Å².